The van der Waals surface area contributed by atoms with Gasteiger partial charge in [-0.25, -0.2) is 0 Å². The molecular weight excluding hydrogens is 404 g/mol. The number of hydrogen-bond donors (Lipinski definition) is 1. The lowest BCUT2D eigenvalue weighted by atomic mass is 10.0. The van der Waals surface area contributed by atoms with E-state index in [-0.39, 0.29) is 16.9 Å². The van der Waals surface area contributed by atoms with E-state index < -0.39 is 0 Å². The molecule has 0 aliphatic rings. The third-order valence-corrected chi connectivity index (χ3v) is 5.97. The lowest BCUT2D eigenvalue weighted by molar-refractivity contribution is 0.102. The second kappa shape index (κ2) is 9.36. The maximum atomic E-state index is 13.2. The third-order valence-electron chi connectivity index (χ3n) is 5.04. The number of benzene rings is 1. The summed E-state index contributed by atoms with van der Waals surface area (Å²) in [6.45, 7) is 10.9. The number of carbonyl (C=O) groups excluding carboxylic acids is 1. The molecule has 0 saturated carbocycles. The Morgan fingerprint density at radius 2 is 1.85 bits per heavy atom. The van der Waals surface area contributed by atoms with Crippen LogP contribution < -0.4 is 10.7 Å². The zero-order valence-electron chi connectivity index (χ0n) is 16.9. The molecule has 27 heavy (non-hydrogen) atoms. The SMILES string of the molecule is CCCCn1c(C)c(Br)c(=O)c(C(=O)Nc2c(C)cccc2CC)c1CC. The Morgan fingerprint density at radius 1 is 1.15 bits per heavy atom. The highest BCUT2D eigenvalue weighted by Gasteiger charge is 2.23. The smallest absolute Gasteiger partial charge is 0.261 e. The minimum absolute atomic E-state index is 0.235. The normalized spacial score (nSPS) is 10.9. The van der Waals surface area contributed by atoms with Crippen LogP contribution in [0.2, 0.25) is 0 Å². The van der Waals surface area contributed by atoms with Crippen LogP contribution in [0, 0.1) is 13.8 Å². The van der Waals surface area contributed by atoms with Gasteiger partial charge in [0.25, 0.3) is 5.91 Å². The Morgan fingerprint density at radius 3 is 2.44 bits per heavy atom. The van der Waals surface area contributed by atoms with E-state index >= 15 is 0 Å². The molecule has 1 N–H and O–H groups in total. The molecule has 1 heterocycles. The van der Waals surface area contributed by atoms with Gasteiger partial charge in [-0.05, 0) is 60.2 Å². The summed E-state index contributed by atoms with van der Waals surface area (Å²) in [6.07, 6.45) is 3.50. The number of carbonyl (C=O) groups is 1. The van der Waals surface area contributed by atoms with Crippen LogP contribution in [0.15, 0.2) is 27.5 Å². The minimum Gasteiger partial charge on any atom is -0.347 e. The van der Waals surface area contributed by atoms with E-state index in [0.29, 0.717) is 10.9 Å². The van der Waals surface area contributed by atoms with Crippen molar-refractivity contribution in [2.24, 2.45) is 0 Å². The molecule has 146 valence electrons. The summed E-state index contributed by atoms with van der Waals surface area (Å²) in [7, 11) is 0. The number of halogens is 1. The van der Waals surface area contributed by atoms with Crippen molar-refractivity contribution in [3.8, 4) is 0 Å². The Balaban J connectivity index is 2.59. The fraction of sp³-hybridized carbons (Fsp3) is 0.455. The lowest BCUT2D eigenvalue weighted by Gasteiger charge is -2.21. The predicted octanol–water partition coefficient (Wildman–Crippen LogP) is 5.40. The summed E-state index contributed by atoms with van der Waals surface area (Å²) >= 11 is 3.42. The van der Waals surface area contributed by atoms with E-state index in [1.165, 1.54) is 0 Å². The molecule has 0 radical (unpaired) electrons. The Bertz CT molecular complexity index is 900. The summed E-state index contributed by atoms with van der Waals surface area (Å²) in [4.78, 5) is 26.1. The van der Waals surface area contributed by atoms with Crippen LogP contribution in [0.5, 0.6) is 0 Å². The van der Waals surface area contributed by atoms with Crippen molar-refractivity contribution in [1.29, 1.82) is 0 Å². The zero-order valence-corrected chi connectivity index (χ0v) is 18.5. The molecule has 0 saturated heterocycles. The molecule has 1 amide bonds. The van der Waals surface area contributed by atoms with Crippen molar-refractivity contribution >= 4 is 27.5 Å². The molecule has 4 nitrogen and oxygen atoms in total. The van der Waals surface area contributed by atoms with E-state index in [2.05, 4.69) is 39.7 Å². The highest BCUT2D eigenvalue weighted by molar-refractivity contribution is 9.10. The fourth-order valence-corrected chi connectivity index (χ4v) is 3.87. The number of aryl methyl sites for hydroxylation is 2. The number of amides is 1. The van der Waals surface area contributed by atoms with Gasteiger partial charge >= 0.3 is 0 Å². The number of nitrogens with one attached hydrogen (secondary N) is 1. The summed E-state index contributed by atoms with van der Waals surface area (Å²) in [5.74, 6) is -0.327. The summed E-state index contributed by atoms with van der Waals surface area (Å²) in [6, 6.07) is 5.97. The third kappa shape index (κ3) is 4.34. The van der Waals surface area contributed by atoms with Crippen LogP contribution in [0.3, 0.4) is 0 Å². The van der Waals surface area contributed by atoms with Gasteiger partial charge in [-0.1, -0.05) is 45.4 Å². The van der Waals surface area contributed by atoms with Crippen molar-refractivity contribution in [2.75, 3.05) is 5.32 Å². The minimum atomic E-state index is -0.327. The number of aromatic nitrogens is 1. The molecule has 0 bridgehead atoms. The van der Waals surface area contributed by atoms with Crippen molar-refractivity contribution in [2.45, 2.75) is 66.8 Å². The first-order valence-electron chi connectivity index (χ1n) is 9.68. The monoisotopic (exact) mass is 432 g/mol. The molecule has 2 aromatic rings. The van der Waals surface area contributed by atoms with Gasteiger partial charge in [0, 0.05) is 23.6 Å². The van der Waals surface area contributed by atoms with Crippen molar-refractivity contribution in [3.05, 3.63) is 61.0 Å². The van der Waals surface area contributed by atoms with Crippen molar-refractivity contribution in [1.82, 2.24) is 4.57 Å². The second-order valence-corrected chi connectivity index (χ2v) is 7.62. The van der Waals surface area contributed by atoms with Gasteiger partial charge in [-0.2, -0.15) is 0 Å². The number of unbranched alkanes of at least 4 members (excludes halogenated alkanes) is 1. The average molecular weight is 433 g/mol. The van der Waals surface area contributed by atoms with Gasteiger partial charge in [0.1, 0.15) is 5.56 Å². The first-order chi connectivity index (χ1) is 12.9. The van der Waals surface area contributed by atoms with Crippen LogP contribution in [-0.4, -0.2) is 10.5 Å². The maximum Gasteiger partial charge on any atom is 0.261 e. The van der Waals surface area contributed by atoms with Crippen LogP contribution in [0.25, 0.3) is 0 Å². The standard InChI is InChI=1S/C22H29BrN2O2/c1-6-9-13-25-15(5)19(23)21(26)18(17(25)8-3)22(27)24-20-14(4)11-10-12-16(20)7-2/h10-12H,6-9,13H2,1-5H3,(H,24,27). The lowest BCUT2D eigenvalue weighted by Crippen LogP contribution is -2.30. The molecule has 0 unspecified atom stereocenters. The quantitative estimate of drug-likeness (QED) is 0.635. The highest BCUT2D eigenvalue weighted by Crippen LogP contribution is 2.24. The molecule has 1 aromatic heterocycles. The van der Waals surface area contributed by atoms with Crippen LogP contribution in [0.4, 0.5) is 5.69 Å². The molecule has 0 atom stereocenters. The molecule has 1 aromatic carbocycles. The summed E-state index contributed by atoms with van der Waals surface area (Å²) in [5, 5.41) is 3.02. The molecule has 0 spiro atoms. The van der Waals surface area contributed by atoms with E-state index in [0.717, 1.165) is 54.0 Å². The topological polar surface area (TPSA) is 51.1 Å². The van der Waals surface area contributed by atoms with Gasteiger partial charge in [0.2, 0.25) is 5.43 Å². The van der Waals surface area contributed by atoms with Gasteiger partial charge in [-0.15, -0.1) is 0 Å². The number of pyridine rings is 1. The Labute approximate surface area is 170 Å². The molecule has 0 fully saturated rings. The zero-order chi connectivity index (χ0) is 20.1. The fourth-order valence-electron chi connectivity index (χ4n) is 3.46. The van der Waals surface area contributed by atoms with Crippen molar-refractivity contribution < 1.29 is 4.79 Å². The molecular formula is C22H29BrN2O2. The first-order valence-corrected chi connectivity index (χ1v) is 10.5. The van der Waals surface area contributed by atoms with Crippen LogP contribution in [-0.2, 0) is 19.4 Å². The predicted molar refractivity (Wildman–Crippen MR) is 116 cm³/mol. The van der Waals surface area contributed by atoms with Gasteiger partial charge in [0.05, 0.1) is 4.47 Å². The van der Waals surface area contributed by atoms with Crippen LogP contribution >= 0.6 is 15.9 Å². The Hall–Kier alpha value is -1.88. The Kier molecular flexibility index (Phi) is 7.42. The number of anilines is 1. The van der Waals surface area contributed by atoms with Gasteiger partial charge in [-0.3, -0.25) is 9.59 Å². The largest absolute Gasteiger partial charge is 0.347 e. The average Bonchev–Trinajstić information content (AvgIpc) is 2.66. The van der Waals surface area contributed by atoms with Crippen molar-refractivity contribution in [3.63, 3.8) is 0 Å². The number of nitrogens with zero attached hydrogens (tertiary/aromatic N) is 1. The van der Waals surface area contributed by atoms with Gasteiger partial charge < -0.3 is 9.88 Å². The number of para-hydroxylation sites is 1. The van der Waals surface area contributed by atoms with E-state index in [9.17, 15) is 9.59 Å². The summed E-state index contributed by atoms with van der Waals surface area (Å²) < 4.78 is 2.59. The highest BCUT2D eigenvalue weighted by atomic mass is 79.9. The first kappa shape index (κ1) is 21.4. The molecule has 5 heteroatoms. The van der Waals surface area contributed by atoms with E-state index in [4.69, 9.17) is 0 Å². The molecule has 0 aliphatic heterocycles. The number of hydrogen-bond acceptors (Lipinski definition) is 2. The van der Waals surface area contributed by atoms with Gasteiger partial charge in [0.15, 0.2) is 0 Å². The van der Waals surface area contributed by atoms with E-state index in [1.807, 2.05) is 39.0 Å². The molecule has 0 aliphatic carbocycles. The van der Waals surface area contributed by atoms with Crippen LogP contribution in [0.1, 0.15) is 66.5 Å². The maximum absolute atomic E-state index is 13.2. The number of rotatable bonds is 7. The summed E-state index contributed by atoms with van der Waals surface area (Å²) in [5.41, 5.74) is 4.57. The second-order valence-electron chi connectivity index (χ2n) is 6.83. The van der Waals surface area contributed by atoms with E-state index in [1.54, 1.807) is 0 Å². The molecule has 2 rings (SSSR count).